The molecule has 0 unspecified atom stereocenters. The number of carbonyl (C=O) groups excluding carboxylic acids is 1. The van der Waals surface area contributed by atoms with E-state index < -0.39 is 0 Å². The van der Waals surface area contributed by atoms with Crippen molar-refractivity contribution in [1.29, 1.82) is 0 Å². The first-order chi connectivity index (χ1) is 6.83. The molecule has 0 bridgehead atoms. The van der Waals surface area contributed by atoms with Gasteiger partial charge >= 0.3 is 0 Å². The van der Waals surface area contributed by atoms with Crippen molar-refractivity contribution in [3.63, 3.8) is 0 Å². The molecule has 1 rings (SSSR count). The summed E-state index contributed by atoms with van der Waals surface area (Å²) < 4.78 is 0. The van der Waals surface area contributed by atoms with Crippen LogP contribution in [0.3, 0.4) is 0 Å². The molecule has 0 spiro atoms. The van der Waals surface area contributed by atoms with Crippen molar-refractivity contribution in [1.82, 2.24) is 15.5 Å². The molecule has 0 aliphatic heterocycles. The van der Waals surface area contributed by atoms with Gasteiger partial charge in [0.1, 0.15) is 5.82 Å². The van der Waals surface area contributed by atoms with Gasteiger partial charge in [-0.2, -0.15) is 5.10 Å². The highest BCUT2D eigenvalue weighted by Crippen LogP contribution is 1.95. The Kier molecular flexibility index (Phi) is 4.40. The number of hydrogen-bond donors (Lipinski definition) is 2. The Morgan fingerprint density at radius 2 is 2.43 bits per heavy atom. The zero-order valence-corrected chi connectivity index (χ0v) is 8.16. The average Bonchev–Trinajstić information content (AvgIpc) is 2.25. The standard InChI is InChI=1S/C9H14N4O/c1-2-5-10-9(14)7-11-8-4-3-6-12-13-8/h3-4,6H,2,5,7H2,1H3,(H,10,14)(H,11,13). The molecule has 5 heteroatoms. The van der Waals surface area contributed by atoms with Crippen LogP contribution >= 0.6 is 0 Å². The number of hydrogen-bond acceptors (Lipinski definition) is 4. The third kappa shape index (κ3) is 3.84. The second-order valence-corrected chi connectivity index (χ2v) is 2.81. The molecular weight excluding hydrogens is 180 g/mol. The molecule has 1 amide bonds. The molecule has 1 heterocycles. The van der Waals surface area contributed by atoms with Crippen LogP contribution in [0.25, 0.3) is 0 Å². The van der Waals surface area contributed by atoms with Crippen LogP contribution < -0.4 is 10.6 Å². The second-order valence-electron chi connectivity index (χ2n) is 2.81. The van der Waals surface area contributed by atoms with Crippen molar-refractivity contribution in [2.24, 2.45) is 0 Å². The third-order valence-corrected chi connectivity index (χ3v) is 1.57. The van der Waals surface area contributed by atoms with Crippen LogP contribution in [-0.2, 0) is 4.79 Å². The van der Waals surface area contributed by atoms with Crippen LogP contribution in [0.2, 0.25) is 0 Å². The van der Waals surface area contributed by atoms with Gasteiger partial charge in [-0.25, -0.2) is 0 Å². The van der Waals surface area contributed by atoms with Crippen LogP contribution in [0.5, 0.6) is 0 Å². The SMILES string of the molecule is CCCNC(=O)CNc1cccnn1. The van der Waals surface area contributed by atoms with E-state index in [1.165, 1.54) is 0 Å². The van der Waals surface area contributed by atoms with Crippen molar-refractivity contribution in [3.05, 3.63) is 18.3 Å². The molecule has 0 saturated carbocycles. The summed E-state index contributed by atoms with van der Waals surface area (Å²) >= 11 is 0. The highest BCUT2D eigenvalue weighted by molar-refractivity contribution is 5.80. The molecule has 2 N–H and O–H groups in total. The molecular formula is C9H14N4O. The predicted molar refractivity (Wildman–Crippen MR) is 53.8 cm³/mol. The van der Waals surface area contributed by atoms with Gasteiger partial charge in [-0.1, -0.05) is 6.92 Å². The van der Waals surface area contributed by atoms with E-state index in [2.05, 4.69) is 20.8 Å². The minimum Gasteiger partial charge on any atom is -0.360 e. The lowest BCUT2D eigenvalue weighted by molar-refractivity contribution is -0.119. The minimum atomic E-state index is -0.0301. The molecule has 0 aliphatic rings. The molecule has 76 valence electrons. The van der Waals surface area contributed by atoms with Gasteiger partial charge in [-0.15, -0.1) is 5.10 Å². The Morgan fingerprint density at radius 1 is 1.57 bits per heavy atom. The molecule has 14 heavy (non-hydrogen) atoms. The van der Waals surface area contributed by atoms with E-state index in [4.69, 9.17) is 0 Å². The van der Waals surface area contributed by atoms with Crippen molar-refractivity contribution in [2.45, 2.75) is 13.3 Å². The van der Waals surface area contributed by atoms with E-state index in [1.807, 2.05) is 6.92 Å². The zero-order valence-electron chi connectivity index (χ0n) is 8.16. The number of aromatic nitrogens is 2. The summed E-state index contributed by atoms with van der Waals surface area (Å²) in [6.07, 6.45) is 2.53. The Labute approximate surface area is 82.9 Å². The lowest BCUT2D eigenvalue weighted by Crippen LogP contribution is -2.30. The second kappa shape index (κ2) is 5.90. The Morgan fingerprint density at radius 3 is 3.07 bits per heavy atom. The summed E-state index contributed by atoms with van der Waals surface area (Å²) in [6, 6.07) is 3.53. The Balaban J connectivity index is 2.24. The van der Waals surface area contributed by atoms with E-state index >= 15 is 0 Å². The maximum atomic E-state index is 11.2. The topological polar surface area (TPSA) is 66.9 Å². The lowest BCUT2D eigenvalue weighted by Gasteiger charge is -2.04. The van der Waals surface area contributed by atoms with Crippen LogP contribution in [0, 0.1) is 0 Å². The molecule has 0 saturated heterocycles. The van der Waals surface area contributed by atoms with Gasteiger partial charge in [0.2, 0.25) is 5.91 Å². The summed E-state index contributed by atoms with van der Waals surface area (Å²) in [5, 5.41) is 13.1. The highest BCUT2D eigenvalue weighted by Gasteiger charge is 1.99. The number of anilines is 1. The first-order valence-electron chi connectivity index (χ1n) is 4.61. The van der Waals surface area contributed by atoms with Crippen molar-refractivity contribution >= 4 is 11.7 Å². The minimum absolute atomic E-state index is 0.0301. The fraction of sp³-hybridized carbons (Fsp3) is 0.444. The molecule has 0 aromatic carbocycles. The van der Waals surface area contributed by atoms with E-state index in [0.29, 0.717) is 12.4 Å². The summed E-state index contributed by atoms with van der Waals surface area (Å²) in [6.45, 7) is 2.95. The first-order valence-corrected chi connectivity index (χ1v) is 4.61. The van der Waals surface area contributed by atoms with Crippen molar-refractivity contribution in [2.75, 3.05) is 18.4 Å². The summed E-state index contributed by atoms with van der Waals surface area (Å²) in [4.78, 5) is 11.2. The largest absolute Gasteiger partial charge is 0.360 e. The van der Waals surface area contributed by atoms with Gasteiger partial charge in [0.15, 0.2) is 0 Å². The third-order valence-electron chi connectivity index (χ3n) is 1.57. The quantitative estimate of drug-likeness (QED) is 0.712. The molecule has 1 aromatic heterocycles. The number of nitrogens with zero attached hydrogens (tertiary/aromatic N) is 2. The summed E-state index contributed by atoms with van der Waals surface area (Å²) in [5.41, 5.74) is 0. The Bertz CT molecular complexity index is 275. The number of rotatable bonds is 5. The summed E-state index contributed by atoms with van der Waals surface area (Å²) in [5.74, 6) is 0.580. The molecule has 5 nitrogen and oxygen atoms in total. The average molecular weight is 194 g/mol. The smallest absolute Gasteiger partial charge is 0.239 e. The van der Waals surface area contributed by atoms with Gasteiger partial charge in [-0.05, 0) is 18.6 Å². The van der Waals surface area contributed by atoms with Crippen LogP contribution in [0.4, 0.5) is 5.82 Å². The molecule has 0 radical (unpaired) electrons. The first kappa shape index (κ1) is 10.4. The predicted octanol–water partition coefficient (Wildman–Crippen LogP) is 0.415. The fourth-order valence-corrected chi connectivity index (χ4v) is 0.894. The highest BCUT2D eigenvalue weighted by atomic mass is 16.1. The maximum absolute atomic E-state index is 11.2. The van der Waals surface area contributed by atoms with Gasteiger partial charge in [-0.3, -0.25) is 4.79 Å². The maximum Gasteiger partial charge on any atom is 0.239 e. The Hall–Kier alpha value is -1.65. The van der Waals surface area contributed by atoms with Gasteiger partial charge in [0, 0.05) is 12.7 Å². The van der Waals surface area contributed by atoms with Gasteiger partial charge in [0.05, 0.1) is 6.54 Å². The van der Waals surface area contributed by atoms with E-state index in [-0.39, 0.29) is 12.5 Å². The van der Waals surface area contributed by atoms with Gasteiger partial charge in [0.25, 0.3) is 0 Å². The molecule has 1 aromatic rings. The lowest BCUT2D eigenvalue weighted by atomic mass is 10.4. The van der Waals surface area contributed by atoms with Gasteiger partial charge < -0.3 is 10.6 Å². The normalized spacial score (nSPS) is 9.50. The molecule has 0 aliphatic carbocycles. The monoisotopic (exact) mass is 194 g/mol. The zero-order chi connectivity index (χ0) is 10.2. The van der Waals surface area contributed by atoms with Crippen molar-refractivity contribution in [3.8, 4) is 0 Å². The van der Waals surface area contributed by atoms with Crippen molar-refractivity contribution < 1.29 is 4.79 Å². The fourth-order valence-electron chi connectivity index (χ4n) is 0.894. The molecule has 0 fully saturated rings. The van der Waals surface area contributed by atoms with Crippen LogP contribution in [0.1, 0.15) is 13.3 Å². The van der Waals surface area contributed by atoms with Crippen LogP contribution in [-0.4, -0.2) is 29.2 Å². The molecule has 0 atom stereocenters. The number of amides is 1. The van der Waals surface area contributed by atoms with E-state index in [0.717, 1.165) is 6.42 Å². The number of nitrogens with one attached hydrogen (secondary N) is 2. The summed E-state index contributed by atoms with van der Waals surface area (Å²) in [7, 11) is 0. The number of carbonyl (C=O) groups is 1. The van der Waals surface area contributed by atoms with Crippen LogP contribution in [0.15, 0.2) is 18.3 Å². The van der Waals surface area contributed by atoms with E-state index in [1.54, 1.807) is 18.3 Å². The van der Waals surface area contributed by atoms with E-state index in [9.17, 15) is 4.79 Å².